The Hall–Kier alpha value is -2.62. The van der Waals surface area contributed by atoms with Crippen LogP contribution in [0.3, 0.4) is 0 Å². The van der Waals surface area contributed by atoms with E-state index < -0.39 is 5.95 Å². The molecule has 0 amide bonds. The fraction of sp³-hybridized carbons (Fsp3) is 0.0625. The maximum Gasteiger partial charge on any atom is 0.221 e. The van der Waals surface area contributed by atoms with Crippen LogP contribution in [0.5, 0.6) is 0 Å². The van der Waals surface area contributed by atoms with Crippen molar-refractivity contribution < 1.29 is 4.39 Å². The molecule has 0 aliphatic rings. The summed E-state index contributed by atoms with van der Waals surface area (Å²) in [5.74, 6) is -0.466. The van der Waals surface area contributed by atoms with Crippen molar-refractivity contribution >= 4 is 0 Å². The van der Waals surface area contributed by atoms with Crippen molar-refractivity contribution in [3.8, 4) is 22.3 Å². The average molecular weight is 265 g/mol. The summed E-state index contributed by atoms with van der Waals surface area (Å²) in [6.07, 6.45) is 8.28. The molecule has 0 N–H and O–H groups in total. The highest BCUT2D eigenvalue weighted by Crippen LogP contribution is 2.32. The third-order valence-corrected chi connectivity index (χ3v) is 3.25. The van der Waals surface area contributed by atoms with Crippen LogP contribution in [-0.4, -0.2) is 15.0 Å². The number of aromatic nitrogens is 3. The average Bonchev–Trinajstić information content (AvgIpc) is 2.49. The Bertz CT molecular complexity index is 727. The standard InChI is InChI=1S/C16H12FN3/c1-11-14(12-2-6-18-7-3-12)10-20-16(17)15(11)13-4-8-19-9-5-13/h2-10H,1H3. The van der Waals surface area contributed by atoms with Gasteiger partial charge in [-0.3, -0.25) is 9.97 Å². The van der Waals surface area contributed by atoms with E-state index in [9.17, 15) is 4.39 Å². The van der Waals surface area contributed by atoms with Crippen molar-refractivity contribution in [1.82, 2.24) is 15.0 Å². The third kappa shape index (κ3) is 2.16. The summed E-state index contributed by atoms with van der Waals surface area (Å²) in [5, 5.41) is 0. The van der Waals surface area contributed by atoms with E-state index in [1.54, 1.807) is 43.1 Å². The van der Waals surface area contributed by atoms with Crippen molar-refractivity contribution in [1.29, 1.82) is 0 Å². The Kier molecular flexibility index (Phi) is 3.21. The fourth-order valence-corrected chi connectivity index (χ4v) is 2.25. The van der Waals surface area contributed by atoms with Crippen molar-refractivity contribution in [2.45, 2.75) is 6.92 Å². The largest absolute Gasteiger partial charge is 0.265 e. The number of nitrogens with zero attached hydrogens (tertiary/aromatic N) is 3. The molecule has 0 radical (unpaired) electrons. The highest BCUT2D eigenvalue weighted by molar-refractivity contribution is 5.76. The van der Waals surface area contributed by atoms with Gasteiger partial charge in [-0.15, -0.1) is 0 Å². The first-order valence-electron chi connectivity index (χ1n) is 6.23. The predicted molar refractivity (Wildman–Crippen MR) is 75.4 cm³/mol. The van der Waals surface area contributed by atoms with Crippen LogP contribution in [0.1, 0.15) is 5.56 Å². The van der Waals surface area contributed by atoms with Crippen LogP contribution in [0.4, 0.5) is 4.39 Å². The number of hydrogen-bond donors (Lipinski definition) is 0. The van der Waals surface area contributed by atoms with E-state index in [1.807, 2.05) is 19.1 Å². The van der Waals surface area contributed by atoms with Crippen LogP contribution in [0.2, 0.25) is 0 Å². The maximum absolute atomic E-state index is 14.1. The molecule has 0 fully saturated rings. The minimum Gasteiger partial charge on any atom is -0.265 e. The van der Waals surface area contributed by atoms with Crippen LogP contribution < -0.4 is 0 Å². The van der Waals surface area contributed by atoms with Crippen LogP contribution in [0.15, 0.2) is 55.2 Å². The summed E-state index contributed by atoms with van der Waals surface area (Å²) < 4.78 is 14.1. The highest BCUT2D eigenvalue weighted by Gasteiger charge is 2.14. The van der Waals surface area contributed by atoms with Gasteiger partial charge in [-0.1, -0.05) is 0 Å². The Morgan fingerprint density at radius 3 is 2.00 bits per heavy atom. The molecular formula is C16H12FN3. The lowest BCUT2D eigenvalue weighted by molar-refractivity contribution is 0.587. The molecule has 3 aromatic heterocycles. The molecule has 0 aliphatic carbocycles. The molecule has 0 unspecified atom stereocenters. The van der Waals surface area contributed by atoms with E-state index in [0.29, 0.717) is 5.56 Å². The zero-order valence-electron chi connectivity index (χ0n) is 10.9. The van der Waals surface area contributed by atoms with Gasteiger partial charge in [-0.25, -0.2) is 4.98 Å². The lowest BCUT2D eigenvalue weighted by Gasteiger charge is -2.12. The van der Waals surface area contributed by atoms with Gasteiger partial charge in [0.25, 0.3) is 0 Å². The van der Waals surface area contributed by atoms with Gasteiger partial charge in [0.1, 0.15) is 0 Å². The summed E-state index contributed by atoms with van der Waals surface area (Å²) >= 11 is 0. The van der Waals surface area contributed by atoms with Crippen molar-refractivity contribution in [2.24, 2.45) is 0 Å². The molecule has 98 valence electrons. The van der Waals surface area contributed by atoms with Gasteiger partial charge in [-0.05, 0) is 47.9 Å². The van der Waals surface area contributed by atoms with Gasteiger partial charge < -0.3 is 0 Å². The minimum absolute atomic E-state index is 0.466. The molecule has 3 aromatic rings. The number of halogens is 1. The minimum atomic E-state index is -0.466. The quantitative estimate of drug-likeness (QED) is 0.664. The first-order valence-corrected chi connectivity index (χ1v) is 6.23. The number of hydrogen-bond acceptors (Lipinski definition) is 3. The van der Waals surface area contributed by atoms with Crippen molar-refractivity contribution in [2.75, 3.05) is 0 Å². The highest BCUT2D eigenvalue weighted by atomic mass is 19.1. The van der Waals surface area contributed by atoms with E-state index in [-0.39, 0.29) is 0 Å². The smallest absolute Gasteiger partial charge is 0.221 e. The monoisotopic (exact) mass is 265 g/mol. The molecule has 20 heavy (non-hydrogen) atoms. The second-order valence-corrected chi connectivity index (χ2v) is 4.43. The SMILES string of the molecule is Cc1c(-c2ccncc2)cnc(F)c1-c1ccncc1. The summed E-state index contributed by atoms with van der Waals surface area (Å²) in [6.45, 7) is 1.90. The van der Waals surface area contributed by atoms with Crippen molar-refractivity contribution in [3.63, 3.8) is 0 Å². The van der Waals surface area contributed by atoms with Gasteiger partial charge in [-0.2, -0.15) is 4.39 Å². The van der Waals surface area contributed by atoms with Crippen LogP contribution in [-0.2, 0) is 0 Å². The van der Waals surface area contributed by atoms with E-state index in [1.165, 1.54) is 0 Å². The normalized spacial score (nSPS) is 10.5. The molecule has 3 nitrogen and oxygen atoms in total. The van der Waals surface area contributed by atoms with Crippen LogP contribution in [0.25, 0.3) is 22.3 Å². The van der Waals surface area contributed by atoms with E-state index in [4.69, 9.17) is 0 Å². The molecule has 0 saturated carbocycles. The van der Waals surface area contributed by atoms with Crippen LogP contribution in [0, 0.1) is 12.9 Å². The predicted octanol–water partition coefficient (Wildman–Crippen LogP) is 3.65. The molecular weight excluding hydrogens is 253 g/mol. The first-order chi connectivity index (χ1) is 9.77. The summed E-state index contributed by atoms with van der Waals surface area (Å²) in [4.78, 5) is 11.8. The van der Waals surface area contributed by atoms with Gasteiger partial charge in [0.15, 0.2) is 0 Å². The second-order valence-electron chi connectivity index (χ2n) is 4.43. The van der Waals surface area contributed by atoms with E-state index in [2.05, 4.69) is 15.0 Å². The van der Waals surface area contributed by atoms with E-state index >= 15 is 0 Å². The Morgan fingerprint density at radius 2 is 1.40 bits per heavy atom. The van der Waals surface area contributed by atoms with Gasteiger partial charge >= 0.3 is 0 Å². The Labute approximate surface area is 116 Å². The lowest BCUT2D eigenvalue weighted by Crippen LogP contribution is -1.96. The molecule has 0 spiro atoms. The summed E-state index contributed by atoms with van der Waals surface area (Å²) in [6, 6.07) is 7.34. The molecule has 0 bridgehead atoms. The molecule has 3 heterocycles. The molecule has 0 atom stereocenters. The Balaban J connectivity index is 2.22. The molecule has 0 aliphatic heterocycles. The van der Waals surface area contributed by atoms with Gasteiger partial charge in [0.2, 0.25) is 5.95 Å². The zero-order chi connectivity index (χ0) is 13.9. The topological polar surface area (TPSA) is 38.7 Å². The summed E-state index contributed by atoms with van der Waals surface area (Å²) in [5.41, 5.74) is 4.02. The van der Waals surface area contributed by atoms with Gasteiger partial charge in [0.05, 0.1) is 0 Å². The third-order valence-electron chi connectivity index (χ3n) is 3.25. The fourth-order valence-electron chi connectivity index (χ4n) is 2.25. The second kappa shape index (κ2) is 5.17. The van der Waals surface area contributed by atoms with Crippen molar-refractivity contribution in [3.05, 3.63) is 66.8 Å². The first kappa shape index (κ1) is 12.4. The number of rotatable bonds is 2. The maximum atomic E-state index is 14.1. The molecule has 3 rings (SSSR count). The number of pyridine rings is 3. The summed E-state index contributed by atoms with van der Waals surface area (Å²) in [7, 11) is 0. The van der Waals surface area contributed by atoms with E-state index in [0.717, 1.165) is 22.3 Å². The molecule has 0 aromatic carbocycles. The van der Waals surface area contributed by atoms with Gasteiger partial charge in [0, 0.05) is 42.1 Å². The van der Waals surface area contributed by atoms with Crippen LogP contribution >= 0.6 is 0 Å². The molecule has 0 saturated heterocycles. The zero-order valence-corrected chi connectivity index (χ0v) is 10.9. The lowest BCUT2D eigenvalue weighted by atomic mass is 9.96. The molecule has 4 heteroatoms. The Morgan fingerprint density at radius 1 is 0.850 bits per heavy atom.